The fraction of sp³-hybridized carbons (Fsp3) is 0.176. The maximum absolute atomic E-state index is 12.4. The molecule has 0 unspecified atom stereocenters. The second kappa shape index (κ2) is 8.08. The lowest BCUT2D eigenvalue weighted by molar-refractivity contribution is -0.118. The number of halogens is 2. The van der Waals surface area contributed by atoms with Crippen molar-refractivity contribution in [2.45, 2.75) is 12.8 Å². The van der Waals surface area contributed by atoms with Gasteiger partial charge < -0.3 is 16.8 Å². The molecule has 1 aromatic carbocycles. The number of fused-ring (bicyclic) bond motifs is 1. The van der Waals surface area contributed by atoms with Gasteiger partial charge in [0.1, 0.15) is 4.83 Å². The first-order chi connectivity index (χ1) is 12.8. The number of benzene rings is 1. The third-order valence-electron chi connectivity index (χ3n) is 3.71. The zero-order chi connectivity index (χ0) is 19.6. The number of nitrogens with two attached hydrogens (primary N) is 2. The van der Waals surface area contributed by atoms with Crippen LogP contribution in [0.2, 0.25) is 10.0 Å². The van der Waals surface area contributed by atoms with Crippen LogP contribution in [0.1, 0.15) is 22.5 Å². The number of carbonyl (C=O) groups excluding carboxylic acids is 2. The Morgan fingerprint density at radius 2 is 1.96 bits per heavy atom. The minimum absolute atomic E-state index is 0.0822. The first kappa shape index (κ1) is 19.3. The topological polar surface area (TPSA) is 124 Å². The van der Waals surface area contributed by atoms with Crippen LogP contribution in [0, 0.1) is 0 Å². The average molecular weight is 424 g/mol. The molecule has 0 atom stereocenters. The molecule has 0 saturated carbocycles. The predicted molar refractivity (Wildman–Crippen MR) is 108 cm³/mol. The highest BCUT2D eigenvalue weighted by molar-refractivity contribution is 7.20. The highest BCUT2D eigenvalue weighted by Crippen LogP contribution is 2.36. The van der Waals surface area contributed by atoms with Crippen molar-refractivity contribution in [2.24, 2.45) is 5.73 Å². The fourth-order valence-corrected chi connectivity index (χ4v) is 3.94. The Morgan fingerprint density at radius 1 is 1.19 bits per heavy atom. The number of rotatable bonds is 6. The molecule has 0 aliphatic rings. The van der Waals surface area contributed by atoms with Crippen LogP contribution in [0.25, 0.3) is 21.5 Å². The Bertz CT molecular complexity index is 1040. The van der Waals surface area contributed by atoms with Crippen LogP contribution in [-0.4, -0.2) is 28.3 Å². The molecule has 0 spiro atoms. The smallest absolute Gasteiger partial charge is 0.261 e. The predicted octanol–water partition coefficient (Wildman–Crippen LogP) is 3.24. The lowest BCUT2D eigenvalue weighted by atomic mass is 10.1. The summed E-state index contributed by atoms with van der Waals surface area (Å²) in [6.45, 7) is 0.347. The normalized spacial score (nSPS) is 10.9. The first-order valence-electron chi connectivity index (χ1n) is 7.94. The van der Waals surface area contributed by atoms with Crippen molar-refractivity contribution in [2.75, 3.05) is 12.3 Å². The van der Waals surface area contributed by atoms with Gasteiger partial charge in [0.25, 0.3) is 5.91 Å². The van der Waals surface area contributed by atoms with Crippen molar-refractivity contribution in [1.82, 2.24) is 15.3 Å². The van der Waals surface area contributed by atoms with Crippen LogP contribution in [0.3, 0.4) is 0 Å². The molecule has 3 rings (SSSR count). The molecule has 0 aliphatic carbocycles. The summed E-state index contributed by atoms with van der Waals surface area (Å²) in [5, 5.41) is 4.34. The lowest BCUT2D eigenvalue weighted by Gasteiger charge is -2.06. The number of primary amides is 1. The summed E-state index contributed by atoms with van der Waals surface area (Å²) in [5.74, 6) is -0.589. The van der Waals surface area contributed by atoms with Gasteiger partial charge >= 0.3 is 0 Å². The molecular formula is C17H15Cl2N5O2S. The fourth-order valence-electron chi connectivity index (χ4n) is 2.49. The molecular weight excluding hydrogens is 409 g/mol. The van der Waals surface area contributed by atoms with Gasteiger partial charge in [0, 0.05) is 28.9 Å². The molecule has 0 radical (unpaired) electrons. The van der Waals surface area contributed by atoms with E-state index in [0.717, 1.165) is 0 Å². The van der Waals surface area contributed by atoms with E-state index in [1.165, 1.54) is 11.3 Å². The van der Waals surface area contributed by atoms with Crippen LogP contribution in [0.15, 0.2) is 24.3 Å². The van der Waals surface area contributed by atoms with Gasteiger partial charge in [-0.3, -0.25) is 9.59 Å². The molecule has 5 N–H and O–H groups in total. The Balaban J connectivity index is 1.93. The molecule has 27 heavy (non-hydrogen) atoms. The number of nitrogens with zero attached hydrogens (tertiary/aromatic N) is 2. The third kappa shape index (κ3) is 4.47. The first-order valence-corrected chi connectivity index (χ1v) is 9.51. The zero-order valence-corrected chi connectivity index (χ0v) is 16.3. The van der Waals surface area contributed by atoms with Gasteiger partial charge in [-0.05, 0) is 30.7 Å². The van der Waals surface area contributed by atoms with Crippen LogP contribution in [-0.2, 0) is 4.79 Å². The van der Waals surface area contributed by atoms with Crippen molar-refractivity contribution in [3.8, 4) is 11.3 Å². The summed E-state index contributed by atoms with van der Waals surface area (Å²) in [4.78, 5) is 32.6. The average Bonchev–Trinajstić information content (AvgIpc) is 3.02. The molecule has 3 aromatic rings. The zero-order valence-electron chi connectivity index (χ0n) is 14.0. The van der Waals surface area contributed by atoms with Crippen molar-refractivity contribution in [3.05, 3.63) is 39.2 Å². The number of nitrogens with one attached hydrogen (secondary N) is 1. The highest BCUT2D eigenvalue weighted by atomic mass is 35.5. The number of nitrogen functional groups attached to an aromatic ring is 1. The van der Waals surface area contributed by atoms with Crippen molar-refractivity contribution in [1.29, 1.82) is 0 Å². The largest absolute Gasteiger partial charge is 0.370 e. The third-order valence-corrected chi connectivity index (χ3v) is 5.28. The van der Waals surface area contributed by atoms with E-state index < -0.39 is 5.91 Å². The van der Waals surface area contributed by atoms with Gasteiger partial charge in [0.2, 0.25) is 11.9 Å². The standard InChI is InChI=1S/C17H15Cl2N5O2S/c18-8-3-4-9(11(19)6-8)14-10-7-12(27-16(10)24-17(21)23-14)15(26)22-5-1-2-13(20)25/h3-4,6-7H,1-2,5H2,(H2,20,25)(H,22,26)(H2,21,23,24). The van der Waals surface area contributed by atoms with Crippen LogP contribution in [0.4, 0.5) is 5.95 Å². The van der Waals surface area contributed by atoms with Crippen molar-refractivity contribution >= 4 is 62.5 Å². The van der Waals surface area contributed by atoms with E-state index in [4.69, 9.17) is 34.7 Å². The summed E-state index contributed by atoms with van der Waals surface area (Å²) in [7, 11) is 0. The van der Waals surface area contributed by atoms with Gasteiger partial charge in [0.15, 0.2) is 0 Å². The molecule has 0 aliphatic heterocycles. The van der Waals surface area contributed by atoms with E-state index in [0.29, 0.717) is 49.4 Å². The molecule has 0 bridgehead atoms. The Hall–Kier alpha value is -2.42. The molecule has 140 valence electrons. The Morgan fingerprint density at radius 3 is 2.67 bits per heavy atom. The second-order valence-corrected chi connectivity index (χ2v) is 7.58. The number of amides is 2. The molecule has 0 fully saturated rings. The van der Waals surface area contributed by atoms with Gasteiger partial charge in [-0.15, -0.1) is 11.3 Å². The van der Waals surface area contributed by atoms with Gasteiger partial charge in [-0.1, -0.05) is 23.2 Å². The number of thiophene rings is 1. The van der Waals surface area contributed by atoms with Crippen molar-refractivity contribution < 1.29 is 9.59 Å². The Labute approximate surface area is 168 Å². The number of hydrogen-bond donors (Lipinski definition) is 3. The molecule has 7 nitrogen and oxygen atoms in total. The maximum Gasteiger partial charge on any atom is 0.261 e. The maximum atomic E-state index is 12.4. The minimum Gasteiger partial charge on any atom is -0.370 e. The van der Waals surface area contributed by atoms with E-state index in [9.17, 15) is 9.59 Å². The molecule has 0 saturated heterocycles. The second-order valence-electron chi connectivity index (χ2n) is 5.71. The highest BCUT2D eigenvalue weighted by Gasteiger charge is 2.17. The molecule has 2 amide bonds. The van der Waals surface area contributed by atoms with Gasteiger partial charge in [-0.2, -0.15) is 0 Å². The van der Waals surface area contributed by atoms with Crippen molar-refractivity contribution in [3.63, 3.8) is 0 Å². The van der Waals surface area contributed by atoms with E-state index in [2.05, 4.69) is 15.3 Å². The summed E-state index contributed by atoms with van der Waals surface area (Å²) >= 11 is 13.5. The van der Waals surface area contributed by atoms with Crippen LogP contribution < -0.4 is 16.8 Å². The Kier molecular flexibility index (Phi) is 5.79. The number of anilines is 1. The van der Waals surface area contributed by atoms with Gasteiger partial charge in [0.05, 0.1) is 15.6 Å². The quantitative estimate of drug-likeness (QED) is 0.524. The van der Waals surface area contributed by atoms with Crippen LogP contribution in [0.5, 0.6) is 0 Å². The number of aromatic nitrogens is 2. The molecule has 2 heterocycles. The summed E-state index contributed by atoms with van der Waals surface area (Å²) in [5.41, 5.74) is 12.1. The minimum atomic E-state index is -0.402. The van der Waals surface area contributed by atoms with Gasteiger partial charge in [-0.25, -0.2) is 9.97 Å². The SMILES string of the molecule is NC(=O)CCCNC(=O)c1cc2c(-c3ccc(Cl)cc3Cl)nc(N)nc2s1. The van der Waals surface area contributed by atoms with E-state index in [1.807, 2.05) is 0 Å². The summed E-state index contributed by atoms with van der Waals surface area (Å²) in [6.07, 6.45) is 0.693. The van der Waals surface area contributed by atoms with Crippen LogP contribution >= 0.6 is 34.5 Å². The summed E-state index contributed by atoms with van der Waals surface area (Å²) in [6, 6.07) is 6.75. The monoisotopic (exact) mass is 423 g/mol. The van der Waals surface area contributed by atoms with E-state index in [1.54, 1.807) is 24.3 Å². The van der Waals surface area contributed by atoms with E-state index in [-0.39, 0.29) is 18.3 Å². The molecule has 10 heteroatoms. The molecule has 2 aromatic heterocycles. The summed E-state index contributed by atoms with van der Waals surface area (Å²) < 4.78 is 0. The lowest BCUT2D eigenvalue weighted by Crippen LogP contribution is -2.24. The van der Waals surface area contributed by atoms with E-state index >= 15 is 0 Å². The number of carbonyl (C=O) groups is 2. The number of hydrogen-bond acceptors (Lipinski definition) is 6.